The highest BCUT2D eigenvalue weighted by Crippen LogP contribution is 2.22. The molecule has 1 N–H and O–H groups in total. The Bertz CT molecular complexity index is 483. The fraction of sp³-hybridized carbons (Fsp3) is 0.462. The van der Waals surface area contributed by atoms with E-state index in [1.807, 2.05) is 18.2 Å². The van der Waals surface area contributed by atoms with Crippen molar-refractivity contribution < 1.29 is 14.7 Å². The highest BCUT2D eigenvalue weighted by molar-refractivity contribution is 7.99. The molecule has 0 aromatic carbocycles. The molecule has 1 fully saturated rings. The number of hydrogen-bond donors (Lipinski definition) is 1. The van der Waals surface area contributed by atoms with Crippen LogP contribution in [0, 0.1) is 0 Å². The third-order valence-corrected chi connectivity index (χ3v) is 4.18. The first-order chi connectivity index (χ1) is 9.59. The Morgan fingerprint density at radius 2 is 2.35 bits per heavy atom. The molecule has 20 heavy (non-hydrogen) atoms. The van der Waals surface area contributed by atoms with Crippen LogP contribution in [-0.2, 0) is 11.2 Å². The molecule has 1 atom stereocenters. The Kier molecular flexibility index (Phi) is 4.84. The third kappa shape index (κ3) is 3.41. The number of rotatable bonds is 4. The number of carboxylic acids is 1. The van der Waals surface area contributed by atoms with Gasteiger partial charge in [0.05, 0.1) is 5.88 Å². The summed E-state index contributed by atoms with van der Waals surface area (Å²) in [4.78, 5) is 30.5. The molecule has 2 heterocycles. The zero-order valence-electron chi connectivity index (χ0n) is 11.2. The average Bonchev–Trinajstić information content (AvgIpc) is 2.94. The van der Waals surface area contributed by atoms with Crippen LogP contribution < -0.4 is 0 Å². The van der Waals surface area contributed by atoms with Crippen LogP contribution in [-0.4, -0.2) is 63.2 Å². The number of carbonyl (C=O) groups is 2. The Morgan fingerprint density at radius 1 is 1.55 bits per heavy atom. The van der Waals surface area contributed by atoms with E-state index in [0.29, 0.717) is 24.6 Å². The predicted molar refractivity (Wildman–Crippen MR) is 76.6 cm³/mol. The molecule has 1 aromatic rings. The molecule has 1 saturated heterocycles. The first kappa shape index (κ1) is 14.6. The van der Waals surface area contributed by atoms with E-state index >= 15 is 0 Å². The summed E-state index contributed by atoms with van der Waals surface area (Å²) in [7, 11) is 1.69. The first-order valence-electron chi connectivity index (χ1n) is 6.32. The van der Waals surface area contributed by atoms with Gasteiger partial charge in [-0.15, -0.1) is 11.8 Å². The maximum absolute atomic E-state index is 12.2. The van der Waals surface area contributed by atoms with Gasteiger partial charge in [0.1, 0.15) is 6.04 Å². The highest BCUT2D eigenvalue weighted by Gasteiger charge is 2.35. The van der Waals surface area contributed by atoms with Crippen LogP contribution in [0.4, 0.5) is 4.79 Å². The zero-order chi connectivity index (χ0) is 14.5. The quantitative estimate of drug-likeness (QED) is 0.901. The molecule has 108 valence electrons. The fourth-order valence-electron chi connectivity index (χ4n) is 1.98. The van der Waals surface area contributed by atoms with Crippen molar-refractivity contribution in [1.82, 2.24) is 14.8 Å². The van der Waals surface area contributed by atoms with E-state index in [-0.39, 0.29) is 6.03 Å². The van der Waals surface area contributed by atoms with E-state index < -0.39 is 12.0 Å². The van der Waals surface area contributed by atoms with Crippen molar-refractivity contribution >= 4 is 23.8 Å². The molecular formula is C13H17N3O3S. The lowest BCUT2D eigenvalue weighted by Gasteiger charge is -2.26. The summed E-state index contributed by atoms with van der Waals surface area (Å²) in [5, 5.41) is 9.09. The van der Waals surface area contributed by atoms with E-state index in [1.165, 1.54) is 16.7 Å². The van der Waals surface area contributed by atoms with Crippen LogP contribution in [0.2, 0.25) is 0 Å². The molecule has 1 aliphatic rings. The minimum absolute atomic E-state index is 0.238. The number of hydrogen-bond acceptors (Lipinski definition) is 4. The minimum atomic E-state index is -0.943. The number of aromatic nitrogens is 1. The minimum Gasteiger partial charge on any atom is -0.480 e. The predicted octanol–water partition coefficient (Wildman–Crippen LogP) is 1.14. The Labute approximate surface area is 121 Å². The van der Waals surface area contributed by atoms with E-state index in [2.05, 4.69) is 4.98 Å². The number of nitrogens with zero attached hydrogens (tertiary/aromatic N) is 3. The van der Waals surface area contributed by atoms with Gasteiger partial charge in [-0.1, -0.05) is 6.07 Å². The first-order valence-corrected chi connectivity index (χ1v) is 7.47. The van der Waals surface area contributed by atoms with Crippen LogP contribution >= 0.6 is 11.8 Å². The number of amides is 2. The molecule has 1 aromatic heterocycles. The van der Waals surface area contributed by atoms with Crippen molar-refractivity contribution in [3.8, 4) is 0 Å². The number of likely N-dealkylation sites (N-methyl/N-ethyl adjacent to an activating group) is 1. The van der Waals surface area contributed by atoms with Gasteiger partial charge in [-0.2, -0.15) is 0 Å². The molecular weight excluding hydrogens is 278 g/mol. The molecule has 0 saturated carbocycles. The second kappa shape index (κ2) is 6.60. The number of thioether (sulfide) groups is 1. The lowest BCUT2D eigenvalue weighted by molar-refractivity contribution is -0.140. The van der Waals surface area contributed by atoms with Crippen LogP contribution in [0.25, 0.3) is 0 Å². The maximum atomic E-state index is 12.2. The van der Waals surface area contributed by atoms with Crippen molar-refractivity contribution in [1.29, 1.82) is 0 Å². The van der Waals surface area contributed by atoms with Crippen LogP contribution in [0.3, 0.4) is 0 Å². The van der Waals surface area contributed by atoms with Crippen molar-refractivity contribution in [2.24, 2.45) is 0 Å². The second-order valence-corrected chi connectivity index (χ2v) is 5.60. The summed E-state index contributed by atoms with van der Waals surface area (Å²) in [6, 6.07) is 4.70. The molecule has 7 heteroatoms. The average molecular weight is 295 g/mol. The van der Waals surface area contributed by atoms with Gasteiger partial charge in [-0.25, -0.2) is 9.59 Å². The number of carboxylic acid groups (broad SMARTS) is 1. The molecule has 2 amide bonds. The van der Waals surface area contributed by atoms with Crippen LogP contribution in [0.15, 0.2) is 24.4 Å². The number of pyridine rings is 1. The number of aliphatic carboxylic acids is 1. The standard InChI is InChI=1S/C13H17N3O3S/c1-15(7-5-10-4-2-3-6-14-10)13(19)16-9-20-8-11(16)12(17)18/h2-4,6,11H,5,7-9H2,1H3,(H,17,18)/t11-/m0/s1. The summed E-state index contributed by atoms with van der Waals surface area (Å²) >= 11 is 1.46. The lowest BCUT2D eigenvalue weighted by Crippen LogP contribution is -2.47. The van der Waals surface area contributed by atoms with E-state index in [0.717, 1.165) is 5.69 Å². The van der Waals surface area contributed by atoms with Crippen LogP contribution in [0.1, 0.15) is 5.69 Å². The van der Waals surface area contributed by atoms with Gasteiger partial charge in [0, 0.05) is 37.7 Å². The zero-order valence-corrected chi connectivity index (χ0v) is 12.0. The maximum Gasteiger partial charge on any atom is 0.327 e. The smallest absolute Gasteiger partial charge is 0.327 e. The van der Waals surface area contributed by atoms with Gasteiger partial charge in [-0.05, 0) is 12.1 Å². The van der Waals surface area contributed by atoms with Crippen molar-refractivity contribution in [2.45, 2.75) is 12.5 Å². The summed E-state index contributed by atoms with van der Waals surface area (Å²) in [5.41, 5.74) is 0.915. The number of urea groups is 1. The second-order valence-electron chi connectivity index (χ2n) is 4.60. The summed E-state index contributed by atoms with van der Waals surface area (Å²) in [6.45, 7) is 0.517. The molecule has 0 radical (unpaired) electrons. The Balaban J connectivity index is 1.90. The van der Waals surface area contributed by atoms with Crippen molar-refractivity contribution in [3.05, 3.63) is 30.1 Å². The summed E-state index contributed by atoms with van der Waals surface area (Å²) in [6.07, 6.45) is 2.37. The van der Waals surface area contributed by atoms with Crippen LogP contribution in [0.5, 0.6) is 0 Å². The molecule has 0 spiro atoms. The highest BCUT2D eigenvalue weighted by atomic mass is 32.2. The molecule has 1 aliphatic heterocycles. The van der Waals surface area contributed by atoms with Gasteiger partial charge in [0.15, 0.2) is 0 Å². The Hall–Kier alpha value is -1.76. The van der Waals surface area contributed by atoms with Gasteiger partial charge < -0.3 is 14.9 Å². The van der Waals surface area contributed by atoms with Gasteiger partial charge in [-0.3, -0.25) is 4.98 Å². The largest absolute Gasteiger partial charge is 0.480 e. The van der Waals surface area contributed by atoms with Gasteiger partial charge in [0.25, 0.3) is 0 Å². The van der Waals surface area contributed by atoms with Crippen molar-refractivity contribution in [3.63, 3.8) is 0 Å². The number of carbonyl (C=O) groups excluding carboxylic acids is 1. The third-order valence-electron chi connectivity index (χ3n) is 3.17. The molecule has 6 nitrogen and oxygen atoms in total. The molecule has 0 aliphatic carbocycles. The normalized spacial score (nSPS) is 18.1. The molecule has 2 rings (SSSR count). The van der Waals surface area contributed by atoms with Crippen molar-refractivity contribution in [2.75, 3.05) is 25.2 Å². The SMILES string of the molecule is CN(CCc1ccccn1)C(=O)N1CSC[C@H]1C(=O)O. The summed E-state index contributed by atoms with van der Waals surface area (Å²) < 4.78 is 0. The molecule has 0 unspecified atom stereocenters. The van der Waals surface area contributed by atoms with E-state index in [1.54, 1.807) is 18.1 Å². The topological polar surface area (TPSA) is 73.7 Å². The van der Waals surface area contributed by atoms with Gasteiger partial charge in [0.2, 0.25) is 0 Å². The van der Waals surface area contributed by atoms with Gasteiger partial charge >= 0.3 is 12.0 Å². The lowest BCUT2D eigenvalue weighted by atomic mass is 10.2. The summed E-state index contributed by atoms with van der Waals surface area (Å²) in [5.74, 6) is -0.0553. The Morgan fingerprint density at radius 3 is 3.00 bits per heavy atom. The van der Waals surface area contributed by atoms with E-state index in [4.69, 9.17) is 5.11 Å². The fourth-order valence-corrected chi connectivity index (χ4v) is 3.12. The van der Waals surface area contributed by atoms with E-state index in [9.17, 15) is 9.59 Å². The monoisotopic (exact) mass is 295 g/mol. The molecule has 0 bridgehead atoms.